The summed E-state index contributed by atoms with van der Waals surface area (Å²) in [4.78, 5) is 15.7. The number of nitrogens with zero attached hydrogens (tertiary/aromatic N) is 1. The largest absolute Gasteiger partial charge is 0.299 e. The minimum absolute atomic E-state index is 0.281. The predicted octanol–water partition coefficient (Wildman–Crippen LogP) is 0.213. The maximum Gasteiger partial charge on any atom is 0.150 e. The van der Waals surface area contributed by atoms with Crippen LogP contribution in [0.1, 0.15) is 13.3 Å². The van der Waals surface area contributed by atoms with Crippen LogP contribution in [0.25, 0.3) is 0 Å². The third-order valence-corrected chi connectivity index (χ3v) is 1.30. The molecule has 0 aromatic carbocycles. The van der Waals surface area contributed by atoms with Crippen LogP contribution in [0.3, 0.4) is 0 Å². The van der Waals surface area contributed by atoms with Crippen molar-refractivity contribution in [3.05, 3.63) is 0 Å². The molecule has 0 aromatic heterocycles. The van der Waals surface area contributed by atoms with E-state index in [1.165, 1.54) is 0 Å². The summed E-state index contributed by atoms with van der Waals surface area (Å²) >= 11 is 0. The van der Waals surface area contributed by atoms with Gasteiger partial charge in [-0.2, -0.15) is 5.06 Å². The van der Waals surface area contributed by atoms with E-state index in [1.807, 2.05) is 6.92 Å². The lowest BCUT2D eigenvalue weighted by Crippen LogP contribution is -2.20. The van der Waals surface area contributed by atoms with E-state index in [0.717, 1.165) is 6.54 Å². The Morgan fingerprint density at radius 2 is 2.56 bits per heavy atom. The van der Waals surface area contributed by atoms with E-state index in [0.29, 0.717) is 19.6 Å². The first kappa shape index (κ1) is 6.71. The molecule has 0 aromatic rings. The van der Waals surface area contributed by atoms with Gasteiger partial charge in [0.25, 0.3) is 0 Å². The summed E-state index contributed by atoms with van der Waals surface area (Å²) in [6, 6.07) is 0. The SMILES string of the molecule is CCON1CCC(=O)C1. The molecule has 1 aliphatic rings. The van der Waals surface area contributed by atoms with Crippen molar-refractivity contribution in [3.63, 3.8) is 0 Å². The summed E-state index contributed by atoms with van der Waals surface area (Å²) < 4.78 is 0. The highest BCUT2D eigenvalue weighted by Crippen LogP contribution is 2.03. The van der Waals surface area contributed by atoms with E-state index in [9.17, 15) is 4.79 Å². The van der Waals surface area contributed by atoms with Crippen molar-refractivity contribution in [2.75, 3.05) is 19.7 Å². The molecule has 1 aliphatic heterocycles. The number of hydrogen-bond donors (Lipinski definition) is 0. The maximum absolute atomic E-state index is 10.6. The van der Waals surface area contributed by atoms with Crippen LogP contribution in [0.4, 0.5) is 0 Å². The molecule has 0 radical (unpaired) electrons. The smallest absolute Gasteiger partial charge is 0.150 e. The monoisotopic (exact) mass is 129 g/mol. The highest BCUT2D eigenvalue weighted by atomic mass is 16.7. The van der Waals surface area contributed by atoms with Crippen LogP contribution < -0.4 is 0 Å². The van der Waals surface area contributed by atoms with Gasteiger partial charge in [0.2, 0.25) is 0 Å². The molecular weight excluding hydrogens is 118 g/mol. The topological polar surface area (TPSA) is 29.5 Å². The fourth-order valence-electron chi connectivity index (χ4n) is 0.897. The third kappa shape index (κ3) is 1.77. The molecule has 0 N–H and O–H groups in total. The molecule has 1 heterocycles. The predicted molar refractivity (Wildman–Crippen MR) is 32.8 cm³/mol. The van der Waals surface area contributed by atoms with Crippen molar-refractivity contribution < 1.29 is 9.63 Å². The molecule has 3 heteroatoms. The van der Waals surface area contributed by atoms with Crippen molar-refractivity contribution in [1.29, 1.82) is 0 Å². The molecule has 1 saturated heterocycles. The molecule has 3 nitrogen and oxygen atoms in total. The maximum atomic E-state index is 10.6. The van der Waals surface area contributed by atoms with E-state index >= 15 is 0 Å². The van der Waals surface area contributed by atoms with Crippen LogP contribution in [0, 0.1) is 0 Å². The number of hydroxylamine groups is 2. The van der Waals surface area contributed by atoms with Gasteiger partial charge in [-0.05, 0) is 6.92 Å². The van der Waals surface area contributed by atoms with E-state index in [4.69, 9.17) is 4.84 Å². The standard InChI is InChI=1S/C6H11NO2/c1-2-9-7-4-3-6(8)5-7/h2-5H2,1H3. The Morgan fingerprint density at radius 3 is 3.00 bits per heavy atom. The van der Waals surface area contributed by atoms with Crippen LogP contribution in [0.5, 0.6) is 0 Å². The lowest BCUT2D eigenvalue weighted by atomic mass is 10.4. The van der Waals surface area contributed by atoms with Gasteiger partial charge in [-0.15, -0.1) is 0 Å². The fraction of sp³-hybridized carbons (Fsp3) is 0.833. The second kappa shape index (κ2) is 2.94. The summed E-state index contributed by atoms with van der Waals surface area (Å²) in [5.41, 5.74) is 0. The minimum atomic E-state index is 0.281. The highest BCUT2D eigenvalue weighted by molar-refractivity contribution is 5.82. The third-order valence-electron chi connectivity index (χ3n) is 1.30. The van der Waals surface area contributed by atoms with Crippen LogP contribution in [0.2, 0.25) is 0 Å². The van der Waals surface area contributed by atoms with Gasteiger partial charge in [-0.1, -0.05) is 0 Å². The number of carbonyl (C=O) groups is 1. The van der Waals surface area contributed by atoms with E-state index in [-0.39, 0.29) is 5.78 Å². The lowest BCUT2D eigenvalue weighted by molar-refractivity contribution is -0.144. The summed E-state index contributed by atoms with van der Waals surface area (Å²) in [7, 11) is 0. The van der Waals surface area contributed by atoms with Crippen molar-refractivity contribution >= 4 is 5.78 Å². The Morgan fingerprint density at radius 1 is 1.78 bits per heavy atom. The van der Waals surface area contributed by atoms with Gasteiger partial charge in [0.05, 0.1) is 13.2 Å². The Hall–Kier alpha value is -0.410. The second-order valence-corrected chi connectivity index (χ2v) is 2.07. The highest BCUT2D eigenvalue weighted by Gasteiger charge is 2.18. The Bertz CT molecular complexity index is 114. The zero-order valence-corrected chi connectivity index (χ0v) is 5.59. The lowest BCUT2D eigenvalue weighted by Gasteiger charge is -2.10. The van der Waals surface area contributed by atoms with Gasteiger partial charge in [0, 0.05) is 13.0 Å². The summed E-state index contributed by atoms with van der Waals surface area (Å²) in [6.45, 7) is 3.83. The van der Waals surface area contributed by atoms with Crippen molar-refractivity contribution in [3.8, 4) is 0 Å². The molecule has 52 valence electrons. The molecule has 9 heavy (non-hydrogen) atoms. The average molecular weight is 129 g/mol. The van der Waals surface area contributed by atoms with Gasteiger partial charge >= 0.3 is 0 Å². The van der Waals surface area contributed by atoms with Crippen molar-refractivity contribution in [2.24, 2.45) is 0 Å². The first-order valence-electron chi connectivity index (χ1n) is 3.22. The number of Topliss-reactive ketones (excluding diaryl/α,β-unsaturated/α-hetero) is 1. The molecule has 1 rings (SSSR count). The molecule has 0 amide bonds. The van der Waals surface area contributed by atoms with Crippen LogP contribution in [-0.2, 0) is 9.63 Å². The normalized spacial score (nSPS) is 21.2. The van der Waals surface area contributed by atoms with Crippen LogP contribution in [-0.4, -0.2) is 30.5 Å². The van der Waals surface area contributed by atoms with Gasteiger partial charge < -0.3 is 0 Å². The molecule has 0 unspecified atom stereocenters. The zero-order chi connectivity index (χ0) is 6.69. The zero-order valence-electron chi connectivity index (χ0n) is 5.59. The first-order chi connectivity index (χ1) is 4.33. The van der Waals surface area contributed by atoms with Crippen molar-refractivity contribution in [1.82, 2.24) is 5.06 Å². The van der Waals surface area contributed by atoms with Gasteiger partial charge in [0.1, 0.15) is 0 Å². The fourth-order valence-corrected chi connectivity index (χ4v) is 0.897. The number of carbonyl (C=O) groups excluding carboxylic acids is 1. The molecule has 0 bridgehead atoms. The summed E-state index contributed by atoms with van der Waals surface area (Å²) in [5.74, 6) is 0.281. The Labute approximate surface area is 54.5 Å². The van der Waals surface area contributed by atoms with Gasteiger partial charge in [-0.25, -0.2) is 0 Å². The number of ketones is 1. The second-order valence-electron chi connectivity index (χ2n) is 2.07. The minimum Gasteiger partial charge on any atom is -0.299 e. The van der Waals surface area contributed by atoms with E-state index in [2.05, 4.69) is 0 Å². The Kier molecular flexibility index (Phi) is 2.19. The van der Waals surface area contributed by atoms with Crippen LogP contribution >= 0.6 is 0 Å². The molecule has 0 spiro atoms. The molecule has 1 fully saturated rings. The van der Waals surface area contributed by atoms with Crippen molar-refractivity contribution in [2.45, 2.75) is 13.3 Å². The molecule has 0 aliphatic carbocycles. The van der Waals surface area contributed by atoms with Crippen LogP contribution in [0.15, 0.2) is 0 Å². The van der Waals surface area contributed by atoms with E-state index in [1.54, 1.807) is 5.06 Å². The summed E-state index contributed by atoms with van der Waals surface area (Å²) in [6.07, 6.45) is 0.653. The molecule has 0 atom stereocenters. The van der Waals surface area contributed by atoms with Gasteiger partial charge in [-0.3, -0.25) is 9.63 Å². The molecular formula is C6H11NO2. The average Bonchev–Trinajstić information content (AvgIpc) is 2.17. The Balaban J connectivity index is 2.22. The number of rotatable bonds is 2. The van der Waals surface area contributed by atoms with E-state index < -0.39 is 0 Å². The molecule has 0 saturated carbocycles. The summed E-state index contributed by atoms with van der Waals surface area (Å²) in [5, 5.41) is 1.71. The number of hydrogen-bond acceptors (Lipinski definition) is 3. The first-order valence-corrected chi connectivity index (χ1v) is 3.22. The van der Waals surface area contributed by atoms with Gasteiger partial charge in [0.15, 0.2) is 5.78 Å². The quantitative estimate of drug-likeness (QED) is 0.534.